The Kier molecular flexibility index (Phi) is 5.47. The second-order valence-electron chi connectivity index (χ2n) is 6.85. The second-order valence-corrected chi connectivity index (χ2v) is 9.67. The molecule has 1 aliphatic heterocycles. The Labute approximate surface area is 171 Å². The van der Waals surface area contributed by atoms with Crippen LogP contribution in [0.5, 0.6) is 0 Å². The van der Waals surface area contributed by atoms with Gasteiger partial charge in [-0.1, -0.05) is 36.9 Å². The second kappa shape index (κ2) is 7.70. The monoisotopic (exact) mass is 420 g/mol. The predicted molar refractivity (Wildman–Crippen MR) is 112 cm³/mol. The lowest BCUT2D eigenvalue weighted by Gasteiger charge is -2.33. The number of hydrogen-bond acceptors (Lipinski definition) is 6. The SMILES string of the molecule is CC[C@@]1(C)Cc2c(sc3nc(SC)nc(SCc4ccccc4F)c23)CO1. The molecular weight excluding hydrogens is 399 g/mol. The van der Waals surface area contributed by atoms with Gasteiger partial charge in [-0.05, 0) is 36.8 Å². The van der Waals surface area contributed by atoms with Crippen LogP contribution in [0.4, 0.5) is 4.39 Å². The van der Waals surface area contributed by atoms with Crippen LogP contribution in [0.25, 0.3) is 10.2 Å². The van der Waals surface area contributed by atoms with Gasteiger partial charge in [0.2, 0.25) is 0 Å². The summed E-state index contributed by atoms with van der Waals surface area (Å²) in [5.41, 5.74) is 1.87. The van der Waals surface area contributed by atoms with Crippen molar-refractivity contribution in [3.8, 4) is 0 Å². The van der Waals surface area contributed by atoms with Gasteiger partial charge in [0, 0.05) is 22.4 Å². The summed E-state index contributed by atoms with van der Waals surface area (Å²) in [6.07, 6.45) is 3.82. The van der Waals surface area contributed by atoms with Crippen LogP contribution in [0, 0.1) is 5.82 Å². The number of halogens is 1. The van der Waals surface area contributed by atoms with E-state index in [4.69, 9.17) is 14.7 Å². The van der Waals surface area contributed by atoms with Crippen molar-refractivity contribution in [3.05, 3.63) is 46.1 Å². The maximum Gasteiger partial charge on any atom is 0.189 e. The zero-order valence-electron chi connectivity index (χ0n) is 15.5. The van der Waals surface area contributed by atoms with E-state index < -0.39 is 0 Å². The Hall–Kier alpha value is -1.15. The first kappa shape index (κ1) is 19.2. The van der Waals surface area contributed by atoms with Gasteiger partial charge < -0.3 is 4.74 Å². The van der Waals surface area contributed by atoms with Gasteiger partial charge in [-0.25, -0.2) is 14.4 Å². The van der Waals surface area contributed by atoms with E-state index in [1.54, 1.807) is 29.2 Å². The molecule has 7 heteroatoms. The molecule has 142 valence electrons. The Balaban J connectivity index is 1.76. The Morgan fingerprint density at radius 2 is 2.11 bits per heavy atom. The van der Waals surface area contributed by atoms with Gasteiger partial charge in [0.15, 0.2) is 5.16 Å². The summed E-state index contributed by atoms with van der Waals surface area (Å²) in [5, 5.41) is 2.85. The molecule has 1 atom stereocenters. The van der Waals surface area contributed by atoms with Crippen molar-refractivity contribution in [3.63, 3.8) is 0 Å². The quantitative estimate of drug-likeness (QED) is 0.284. The van der Waals surface area contributed by atoms with E-state index in [0.29, 0.717) is 17.9 Å². The first-order valence-electron chi connectivity index (χ1n) is 8.89. The molecule has 4 rings (SSSR count). The molecule has 3 nitrogen and oxygen atoms in total. The average Bonchev–Trinajstić information content (AvgIpc) is 3.04. The molecule has 0 fully saturated rings. The zero-order chi connectivity index (χ0) is 19.0. The van der Waals surface area contributed by atoms with Crippen LogP contribution in [-0.4, -0.2) is 21.8 Å². The van der Waals surface area contributed by atoms with Crippen LogP contribution in [-0.2, 0) is 23.5 Å². The smallest absolute Gasteiger partial charge is 0.189 e. The molecule has 0 unspecified atom stereocenters. The van der Waals surface area contributed by atoms with Crippen molar-refractivity contribution in [2.24, 2.45) is 0 Å². The highest BCUT2D eigenvalue weighted by Gasteiger charge is 2.33. The summed E-state index contributed by atoms with van der Waals surface area (Å²) in [6.45, 7) is 4.96. The molecule has 0 radical (unpaired) electrons. The van der Waals surface area contributed by atoms with E-state index in [-0.39, 0.29) is 11.4 Å². The van der Waals surface area contributed by atoms with E-state index in [0.717, 1.165) is 33.2 Å². The molecule has 0 saturated carbocycles. The lowest BCUT2D eigenvalue weighted by molar-refractivity contribution is -0.0543. The van der Waals surface area contributed by atoms with Crippen molar-refractivity contribution in [1.82, 2.24) is 9.97 Å². The molecular formula is C20H21FN2OS3. The van der Waals surface area contributed by atoms with Gasteiger partial charge in [-0.2, -0.15) is 0 Å². The van der Waals surface area contributed by atoms with E-state index >= 15 is 0 Å². The molecule has 2 aromatic heterocycles. The molecule has 0 N–H and O–H groups in total. The number of rotatable bonds is 5. The van der Waals surface area contributed by atoms with E-state index in [9.17, 15) is 4.39 Å². The van der Waals surface area contributed by atoms with Crippen LogP contribution < -0.4 is 0 Å². The third kappa shape index (κ3) is 3.75. The van der Waals surface area contributed by atoms with Gasteiger partial charge in [0.25, 0.3) is 0 Å². The number of fused-ring (bicyclic) bond motifs is 3. The molecule has 27 heavy (non-hydrogen) atoms. The summed E-state index contributed by atoms with van der Waals surface area (Å²) < 4.78 is 20.2. The maximum atomic E-state index is 14.0. The fourth-order valence-electron chi connectivity index (χ4n) is 3.20. The molecule has 3 heterocycles. The summed E-state index contributed by atoms with van der Waals surface area (Å²) in [4.78, 5) is 11.8. The summed E-state index contributed by atoms with van der Waals surface area (Å²) in [6, 6.07) is 6.94. The highest BCUT2D eigenvalue weighted by atomic mass is 32.2. The summed E-state index contributed by atoms with van der Waals surface area (Å²) in [5.74, 6) is 0.387. The number of aromatic nitrogens is 2. The van der Waals surface area contributed by atoms with Crippen molar-refractivity contribution in [1.29, 1.82) is 0 Å². The fourth-order valence-corrected chi connectivity index (χ4v) is 5.89. The van der Waals surface area contributed by atoms with Gasteiger partial charge in [0.1, 0.15) is 15.7 Å². The van der Waals surface area contributed by atoms with Crippen LogP contribution in [0.1, 0.15) is 36.3 Å². The zero-order valence-corrected chi connectivity index (χ0v) is 18.0. The number of hydrogen-bond donors (Lipinski definition) is 0. The van der Waals surface area contributed by atoms with Crippen LogP contribution in [0.15, 0.2) is 34.4 Å². The summed E-state index contributed by atoms with van der Waals surface area (Å²) in [7, 11) is 0. The van der Waals surface area contributed by atoms with Crippen LogP contribution in [0.3, 0.4) is 0 Å². The molecule has 0 spiro atoms. The predicted octanol–water partition coefficient (Wildman–Crippen LogP) is 6.09. The highest BCUT2D eigenvalue weighted by Crippen LogP contribution is 2.43. The third-order valence-electron chi connectivity index (χ3n) is 5.04. The van der Waals surface area contributed by atoms with Crippen molar-refractivity contribution in [2.75, 3.05) is 6.26 Å². The van der Waals surface area contributed by atoms with Gasteiger partial charge in [-0.15, -0.1) is 23.1 Å². The minimum Gasteiger partial charge on any atom is -0.369 e. The first-order chi connectivity index (χ1) is 13.0. The van der Waals surface area contributed by atoms with Gasteiger partial charge >= 0.3 is 0 Å². The van der Waals surface area contributed by atoms with Crippen LogP contribution >= 0.6 is 34.9 Å². The topological polar surface area (TPSA) is 35.0 Å². The lowest BCUT2D eigenvalue weighted by Crippen LogP contribution is -2.33. The van der Waals surface area contributed by atoms with E-state index in [1.165, 1.54) is 28.3 Å². The van der Waals surface area contributed by atoms with Gasteiger partial charge in [-0.3, -0.25) is 0 Å². The number of thiophene rings is 1. The minimum atomic E-state index is -0.167. The molecule has 0 aliphatic carbocycles. The number of benzene rings is 1. The largest absolute Gasteiger partial charge is 0.369 e. The minimum absolute atomic E-state index is 0.146. The lowest BCUT2D eigenvalue weighted by atomic mass is 9.90. The van der Waals surface area contributed by atoms with Gasteiger partial charge in [0.05, 0.1) is 12.2 Å². The first-order valence-corrected chi connectivity index (χ1v) is 11.9. The number of nitrogens with zero attached hydrogens (tertiary/aromatic N) is 2. The van der Waals surface area contributed by atoms with E-state index in [1.807, 2.05) is 18.4 Å². The molecule has 0 amide bonds. The molecule has 1 aliphatic rings. The molecule has 3 aromatic rings. The normalized spacial score (nSPS) is 19.4. The molecule has 0 saturated heterocycles. The Morgan fingerprint density at radius 1 is 1.30 bits per heavy atom. The molecule has 0 bridgehead atoms. The number of ether oxygens (including phenoxy) is 1. The number of thioether (sulfide) groups is 2. The standard InChI is InChI=1S/C20H21FN2OS3/c1-4-20(2)9-13-15(10-24-20)27-18-16(13)17(22-19(23-18)25-3)26-11-12-7-5-6-8-14(12)21/h5-8H,4,9-11H2,1-3H3/t20-/m0/s1. The highest BCUT2D eigenvalue weighted by molar-refractivity contribution is 7.99. The fraction of sp³-hybridized carbons (Fsp3) is 0.400. The maximum absolute atomic E-state index is 14.0. The average molecular weight is 421 g/mol. The van der Waals surface area contributed by atoms with E-state index in [2.05, 4.69) is 13.8 Å². The molecule has 1 aromatic carbocycles. The Morgan fingerprint density at radius 3 is 2.85 bits per heavy atom. The van der Waals surface area contributed by atoms with Crippen LogP contribution in [0.2, 0.25) is 0 Å². The van der Waals surface area contributed by atoms with Crippen molar-refractivity contribution < 1.29 is 9.13 Å². The Bertz CT molecular complexity index is 991. The third-order valence-corrected chi connectivity index (χ3v) is 7.71. The summed E-state index contributed by atoms with van der Waals surface area (Å²) >= 11 is 4.83. The van der Waals surface area contributed by atoms with Crippen molar-refractivity contribution >= 4 is 45.1 Å². The van der Waals surface area contributed by atoms with Crippen molar-refractivity contribution in [2.45, 2.75) is 54.8 Å².